The number of hydrogen-bond donors (Lipinski definition) is 1. The molecule has 100 valence electrons. The van der Waals surface area contributed by atoms with Crippen molar-refractivity contribution in [1.82, 2.24) is 0 Å². The van der Waals surface area contributed by atoms with Crippen molar-refractivity contribution in [2.75, 3.05) is 12.4 Å². The molecule has 2 nitrogen and oxygen atoms in total. The maximum atomic E-state index is 5.79. The second-order valence-electron chi connectivity index (χ2n) is 4.90. The van der Waals surface area contributed by atoms with Crippen LogP contribution in [0.15, 0.2) is 52.9 Å². The van der Waals surface area contributed by atoms with Gasteiger partial charge in [-0.1, -0.05) is 29.8 Å². The van der Waals surface area contributed by atoms with Gasteiger partial charge in [0.05, 0.1) is 0 Å². The Morgan fingerprint density at radius 2 is 1.75 bits per heavy atom. The highest BCUT2D eigenvalue weighted by molar-refractivity contribution is 5.82. The van der Waals surface area contributed by atoms with Gasteiger partial charge in [-0.2, -0.15) is 0 Å². The SMILES string of the molecule is CNc1ccc(C=Cc2cc3cc(C)ccc3o2)cc1. The topological polar surface area (TPSA) is 25.2 Å². The summed E-state index contributed by atoms with van der Waals surface area (Å²) in [5.41, 5.74) is 4.44. The summed E-state index contributed by atoms with van der Waals surface area (Å²) in [4.78, 5) is 0. The smallest absolute Gasteiger partial charge is 0.134 e. The highest BCUT2D eigenvalue weighted by atomic mass is 16.3. The van der Waals surface area contributed by atoms with E-state index in [4.69, 9.17) is 4.42 Å². The maximum Gasteiger partial charge on any atom is 0.134 e. The number of benzene rings is 2. The zero-order valence-corrected chi connectivity index (χ0v) is 11.7. The van der Waals surface area contributed by atoms with Crippen molar-refractivity contribution in [1.29, 1.82) is 0 Å². The van der Waals surface area contributed by atoms with Gasteiger partial charge in [-0.15, -0.1) is 0 Å². The first-order valence-corrected chi connectivity index (χ1v) is 6.71. The Balaban J connectivity index is 1.85. The molecule has 0 spiro atoms. The Hall–Kier alpha value is -2.48. The third-order valence-corrected chi connectivity index (χ3v) is 3.33. The molecule has 0 saturated carbocycles. The monoisotopic (exact) mass is 263 g/mol. The van der Waals surface area contributed by atoms with Crippen LogP contribution < -0.4 is 5.32 Å². The van der Waals surface area contributed by atoms with E-state index in [1.807, 2.05) is 19.2 Å². The van der Waals surface area contributed by atoms with Crippen LogP contribution in [0.5, 0.6) is 0 Å². The van der Waals surface area contributed by atoms with Gasteiger partial charge in [-0.05, 0) is 48.9 Å². The van der Waals surface area contributed by atoms with Crippen LogP contribution in [0.2, 0.25) is 0 Å². The Bertz CT molecular complexity index is 751. The summed E-state index contributed by atoms with van der Waals surface area (Å²) >= 11 is 0. The molecule has 0 aliphatic heterocycles. The number of nitrogens with one attached hydrogen (secondary N) is 1. The van der Waals surface area contributed by atoms with Gasteiger partial charge in [0.15, 0.2) is 0 Å². The third-order valence-electron chi connectivity index (χ3n) is 3.33. The van der Waals surface area contributed by atoms with E-state index in [9.17, 15) is 0 Å². The summed E-state index contributed by atoms with van der Waals surface area (Å²) in [5, 5.41) is 4.26. The van der Waals surface area contributed by atoms with Gasteiger partial charge in [-0.3, -0.25) is 0 Å². The molecule has 0 aliphatic rings. The quantitative estimate of drug-likeness (QED) is 0.723. The number of aryl methyl sites for hydroxylation is 1. The van der Waals surface area contributed by atoms with Crippen LogP contribution in [0.3, 0.4) is 0 Å². The summed E-state index contributed by atoms with van der Waals surface area (Å²) in [7, 11) is 1.92. The lowest BCUT2D eigenvalue weighted by Gasteiger charge is -1.98. The molecule has 2 heteroatoms. The molecule has 0 bridgehead atoms. The Morgan fingerprint density at radius 1 is 0.950 bits per heavy atom. The first-order valence-electron chi connectivity index (χ1n) is 6.71. The second kappa shape index (κ2) is 5.25. The van der Waals surface area contributed by atoms with E-state index >= 15 is 0 Å². The Labute approximate surface area is 118 Å². The van der Waals surface area contributed by atoms with E-state index in [0.29, 0.717) is 0 Å². The molecule has 2 aromatic carbocycles. The molecule has 3 aromatic rings. The number of fused-ring (bicyclic) bond motifs is 1. The number of hydrogen-bond acceptors (Lipinski definition) is 2. The van der Waals surface area contributed by atoms with E-state index in [1.54, 1.807) is 0 Å². The summed E-state index contributed by atoms with van der Waals surface area (Å²) < 4.78 is 5.79. The molecule has 1 aromatic heterocycles. The summed E-state index contributed by atoms with van der Waals surface area (Å²) in [5.74, 6) is 0.878. The number of anilines is 1. The molecule has 0 amide bonds. The van der Waals surface area contributed by atoms with Crippen molar-refractivity contribution in [2.24, 2.45) is 0 Å². The van der Waals surface area contributed by atoms with Gasteiger partial charge < -0.3 is 9.73 Å². The lowest BCUT2D eigenvalue weighted by molar-refractivity contribution is 0.604. The molecular formula is C18H17NO. The summed E-state index contributed by atoms with van der Waals surface area (Å²) in [6.07, 6.45) is 4.06. The molecular weight excluding hydrogens is 246 g/mol. The first kappa shape index (κ1) is 12.5. The van der Waals surface area contributed by atoms with Crippen molar-refractivity contribution < 1.29 is 4.42 Å². The van der Waals surface area contributed by atoms with E-state index in [-0.39, 0.29) is 0 Å². The van der Waals surface area contributed by atoms with Gasteiger partial charge in [0, 0.05) is 18.1 Å². The zero-order valence-electron chi connectivity index (χ0n) is 11.7. The largest absolute Gasteiger partial charge is 0.457 e. The summed E-state index contributed by atoms with van der Waals surface area (Å²) in [6.45, 7) is 2.09. The van der Waals surface area contributed by atoms with Crippen LogP contribution in [0.25, 0.3) is 23.1 Å². The number of furan rings is 1. The molecule has 1 N–H and O–H groups in total. The van der Waals surface area contributed by atoms with Crippen LogP contribution in [0.1, 0.15) is 16.9 Å². The van der Waals surface area contributed by atoms with Gasteiger partial charge in [-0.25, -0.2) is 0 Å². The second-order valence-corrected chi connectivity index (χ2v) is 4.90. The van der Waals surface area contributed by atoms with Gasteiger partial charge in [0.1, 0.15) is 11.3 Å². The fourth-order valence-corrected chi connectivity index (χ4v) is 2.20. The van der Waals surface area contributed by atoms with Gasteiger partial charge in [0.25, 0.3) is 0 Å². The van der Waals surface area contributed by atoms with E-state index < -0.39 is 0 Å². The standard InChI is InChI=1S/C18H17NO/c1-13-3-10-18-15(11-13)12-17(20-18)9-6-14-4-7-16(19-2)8-5-14/h3-12,19H,1-2H3. The Morgan fingerprint density at radius 3 is 2.50 bits per heavy atom. The van der Waals surface area contributed by atoms with Gasteiger partial charge >= 0.3 is 0 Å². The summed E-state index contributed by atoms with van der Waals surface area (Å²) in [6, 6.07) is 16.6. The van der Waals surface area contributed by atoms with E-state index in [1.165, 1.54) is 5.56 Å². The van der Waals surface area contributed by atoms with Crippen LogP contribution >= 0.6 is 0 Å². The van der Waals surface area contributed by atoms with Crippen molar-refractivity contribution >= 4 is 28.8 Å². The minimum Gasteiger partial charge on any atom is -0.457 e. The molecule has 20 heavy (non-hydrogen) atoms. The van der Waals surface area contributed by atoms with Gasteiger partial charge in [0.2, 0.25) is 0 Å². The fraction of sp³-hybridized carbons (Fsp3) is 0.111. The van der Waals surface area contributed by atoms with Crippen LogP contribution in [0.4, 0.5) is 5.69 Å². The van der Waals surface area contributed by atoms with Crippen molar-refractivity contribution in [3.63, 3.8) is 0 Å². The number of rotatable bonds is 3. The third kappa shape index (κ3) is 2.59. The molecule has 0 aliphatic carbocycles. The molecule has 0 radical (unpaired) electrons. The minimum absolute atomic E-state index is 0.878. The average molecular weight is 263 g/mol. The predicted octanol–water partition coefficient (Wildman–Crippen LogP) is 4.95. The minimum atomic E-state index is 0.878. The molecule has 0 atom stereocenters. The highest BCUT2D eigenvalue weighted by Gasteiger charge is 2.00. The normalized spacial score (nSPS) is 11.3. The highest BCUT2D eigenvalue weighted by Crippen LogP contribution is 2.22. The lowest BCUT2D eigenvalue weighted by atomic mass is 10.1. The molecule has 1 heterocycles. The Kier molecular flexibility index (Phi) is 3.30. The molecule has 0 unspecified atom stereocenters. The lowest BCUT2D eigenvalue weighted by Crippen LogP contribution is -1.86. The van der Waals surface area contributed by atoms with Crippen molar-refractivity contribution in [3.05, 3.63) is 65.4 Å². The van der Waals surface area contributed by atoms with E-state index in [0.717, 1.165) is 28.0 Å². The van der Waals surface area contributed by atoms with Crippen molar-refractivity contribution in [2.45, 2.75) is 6.92 Å². The fourth-order valence-electron chi connectivity index (χ4n) is 2.20. The average Bonchev–Trinajstić information content (AvgIpc) is 2.87. The first-order chi connectivity index (χ1) is 9.74. The van der Waals surface area contributed by atoms with Crippen LogP contribution in [-0.2, 0) is 0 Å². The molecule has 0 fully saturated rings. The zero-order chi connectivity index (χ0) is 13.9. The van der Waals surface area contributed by atoms with Crippen LogP contribution in [-0.4, -0.2) is 7.05 Å². The maximum absolute atomic E-state index is 5.79. The van der Waals surface area contributed by atoms with Crippen molar-refractivity contribution in [3.8, 4) is 0 Å². The molecule has 3 rings (SSSR count). The molecule has 0 saturated heterocycles. The van der Waals surface area contributed by atoms with Crippen LogP contribution in [0, 0.1) is 6.92 Å². The van der Waals surface area contributed by atoms with E-state index in [2.05, 4.69) is 60.8 Å². The predicted molar refractivity (Wildman–Crippen MR) is 85.9 cm³/mol.